The zero-order valence-corrected chi connectivity index (χ0v) is 11.5. The summed E-state index contributed by atoms with van der Waals surface area (Å²) < 4.78 is 13.1. The molecule has 0 spiro atoms. The van der Waals surface area contributed by atoms with Gasteiger partial charge in [0.05, 0.1) is 10.6 Å². The molecule has 0 atom stereocenters. The summed E-state index contributed by atoms with van der Waals surface area (Å²) in [5.41, 5.74) is 0.842. The van der Waals surface area contributed by atoms with Crippen LogP contribution >= 0.6 is 11.6 Å². The van der Waals surface area contributed by atoms with Gasteiger partial charge in [-0.1, -0.05) is 23.4 Å². The van der Waals surface area contributed by atoms with Gasteiger partial charge in [0.25, 0.3) is 5.91 Å². The second kappa shape index (κ2) is 6.84. The van der Waals surface area contributed by atoms with Crippen LogP contribution < -0.4 is 5.32 Å². The Kier molecular flexibility index (Phi) is 4.88. The molecule has 2 aromatic rings. The Bertz CT molecular complexity index is 738. The van der Waals surface area contributed by atoms with Gasteiger partial charge in [0.2, 0.25) is 0 Å². The van der Waals surface area contributed by atoms with Crippen molar-refractivity contribution in [3.05, 3.63) is 58.6 Å². The molecule has 0 aliphatic rings. The standard InChI is InChI=1S/C15H10ClFN2O2/c16-12-9-11(5-6-13(12)17)19-15(21)14-10(4-2-8-20)3-1-7-18-14/h1,3,5-7,9,20H,8H2,(H,19,21). The van der Waals surface area contributed by atoms with E-state index in [4.69, 9.17) is 16.7 Å². The molecule has 0 fully saturated rings. The third-order valence-corrected chi connectivity index (χ3v) is 2.79. The van der Waals surface area contributed by atoms with Gasteiger partial charge in [0.15, 0.2) is 0 Å². The lowest BCUT2D eigenvalue weighted by Gasteiger charge is -2.06. The van der Waals surface area contributed by atoms with E-state index in [1.54, 1.807) is 12.1 Å². The molecule has 0 aliphatic carbocycles. The Hall–Kier alpha value is -2.42. The lowest BCUT2D eigenvalue weighted by Crippen LogP contribution is -2.15. The molecule has 21 heavy (non-hydrogen) atoms. The first-order valence-corrected chi connectivity index (χ1v) is 6.31. The molecule has 0 radical (unpaired) electrons. The maximum Gasteiger partial charge on any atom is 0.275 e. The number of hydrogen-bond acceptors (Lipinski definition) is 3. The zero-order valence-electron chi connectivity index (χ0n) is 10.7. The number of amides is 1. The van der Waals surface area contributed by atoms with Gasteiger partial charge in [0.1, 0.15) is 18.1 Å². The molecule has 1 aromatic carbocycles. The highest BCUT2D eigenvalue weighted by Gasteiger charge is 2.12. The summed E-state index contributed by atoms with van der Waals surface area (Å²) >= 11 is 5.65. The highest BCUT2D eigenvalue weighted by atomic mass is 35.5. The number of rotatable bonds is 2. The van der Waals surface area contributed by atoms with Crippen LogP contribution in [0.3, 0.4) is 0 Å². The molecule has 1 aromatic heterocycles. The normalized spacial score (nSPS) is 9.67. The molecule has 0 saturated heterocycles. The largest absolute Gasteiger partial charge is 0.384 e. The van der Waals surface area contributed by atoms with Crippen molar-refractivity contribution in [3.8, 4) is 11.8 Å². The van der Waals surface area contributed by atoms with Crippen LogP contribution in [0.5, 0.6) is 0 Å². The number of aromatic nitrogens is 1. The second-order valence-electron chi connectivity index (χ2n) is 3.94. The van der Waals surface area contributed by atoms with E-state index >= 15 is 0 Å². The van der Waals surface area contributed by atoms with Gasteiger partial charge in [-0.25, -0.2) is 9.37 Å². The van der Waals surface area contributed by atoms with Crippen LogP contribution in [0.1, 0.15) is 16.1 Å². The Labute approximate surface area is 125 Å². The van der Waals surface area contributed by atoms with Crippen molar-refractivity contribution < 1.29 is 14.3 Å². The van der Waals surface area contributed by atoms with E-state index in [2.05, 4.69) is 22.1 Å². The Morgan fingerprint density at radius 2 is 2.24 bits per heavy atom. The van der Waals surface area contributed by atoms with Gasteiger partial charge < -0.3 is 10.4 Å². The maximum absolute atomic E-state index is 13.1. The van der Waals surface area contributed by atoms with E-state index < -0.39 is 11.7 Å². The highest BCUT2D eigenvalue weighted by molar-refractivity contribution is 6.31. The topological polar surface area (TPSA) is 62.2 Å². The summed E-state index contributed by atoms with van der Waals surface area (Å²) in [6.07, 6.45) is 1.46. The van der Waals surface area contributed by atoms with Crippen LogP contribution in [0.15, 0.2) is 36.5 Å². The Morgan fingerprint density at radius 1 is 1.43 bits per heavy atom. The molecule has 0 bridgehead atoms. The summed E-state index contributed by atoms with van der Waals surface area (Å²) in [4.78, 5) is 16.1. The van der Waals surface area contributed by atoms with E-state index in [1.807, 2.05) is 0 Å². The fourth-order valence-corrected chi connectivity index (χ4v) is 1.77. The van der Waals surface area contributed by atoms with Crippen LogP contribution in [-0.2, 0) is 0 Å². The minimum Gasteiger partial charge on any atom is -0.384 e. The van der Waals surface area contributed by atoms with Crippen LogP contribution in [0.25, 0.3) is 0 Å². The predicted molar refractivity (Wildman–Crippen MR) is 77.6 cm³/mol. The van der Waals surface area contributed by atoms with Gasteiger partial charge >= 0.3 is 0 Å². The van der Waals surface area contributed by atoms with E-state index in [1.165, 1.54) is 18.3 Å². The minimum absolute atomic E-state index is 0.0888. The number of benzene rings is 1. The Balaban J connectivity index is 2.26. The van der Waals surface area contributed by atoms with E-state index in [0.29, 0.717) is 11.3 Å². The predicted octanol–water partition coefficient (Wildman–Crippen LogP) is 2.47. The monoisotopic (exact) mass is 304 g/mol. The number of aliphatic hydroxyl groups is 1. The average Bonchev–Trinajstić information content (AvgIpc) is 2.49. The fraction of sp³-hybridized carbons (Fsp3) is 0.0667. The number of carbonyl (C=O) groups is 1. The molecule has 1 amide bonds. The lowest BCUT2D eigenvalue weighted by atomic mass is 10.2. The molecule has 0 unspecified atom stereocenters. The summed E-state index contributed by atoms with van der Waals surface area (Å²) in [6, 6.07) is 7.09. The van der Waals surface area contributed by atoms with Crippen molar-refractivity contribution >= 4 is 23.2 Å². The Morgan fingerprint density at radius 3 is 2.95 bits per heavy atom. The number of nitrogens with zero attached hydrogens (tertiary/aromatic N) is 1. The summed E-state index contributed by atoms with van der Waals surface area (Å²) in [7, 11) is 0. The number of aliphatic hydroxyl groups excluding tert-OH is 1. The average molecular weight is 305 g/mol. The number of pyridine rings is 1. The molecule has 1 heterocycles. The number of anilines is 1. The SMILES string of the molecule is O=C(Nc1ccc(F)c(Cl)c1)c1ncccc1C#CCO. The van der Waals surface area contributed by atoms with E-state index in [-0.39, 0.29) is 17.3 Å². The maximum atomic E-state index is 13.1. The zero-order chi connectivity index (χ0) is 15.2. The van der Waals surface area contributed by atoms with Crippen LogP contribution in [0.4, 0.5) is 10.1 Å². The second-order valence-corrected chi connectivity index (χ2v) is 4.35. The molecule has 106 valence electrons. The first kappa shape index (κ1) is 15.0. The van der Waals surface area contributed by atoms with Crippen molar-refractivity contribution in [2.24, 2.45) is 0 Å². The molecular weight excluding hydrogens is 295 g/mol. The molecule has 6 heteroatoms. The van der Waals surface area contributed by atoms with Crippen molar-refractivity contribution in [2.75, 3.05) is 11.9 Å². The number of halogens is 2. The smallest absolute Gasteiger partial charge is 0.275 e. The first-order valence-electron chi connectivity index (χ1n) is 5.93. The lowest BCUT2D eigenvalue weighted by molar-refractivity contribution is 0.102. The molecular formula is C15H10ClFN2O2. The summed E-state index contributed by atoms with van der Waals surface area (Å²) in [5.74, 6) is 4.03. The highest BCUT2D eigenvalue weighted by Crippen LogP contribution is 2.20. The molecule has 0 saturated carbocycles. The van der Waals surface area contributed by atoms with Crippen molar-refractivity contribution in [1.29, 1.82) is 0 Å². The minimum atomic E-state index is -0.568. The first-order chi connectivity index (χ1) is 10.1. The van der Waals surface area contributed by atoms with Crippen LogP contribution in [0.2, 0.25) is 5.02 Å². The van der Waals surface area contributed by atoms with Crippen molar-refractivity contribution in [2.45, 2.75) is 0 Å². The summed E-state index contributed by atoms with van der Waals surface area (Å²) in [6.45, 7) is -0.316. The molecule has 2 N–H and O–H groups in total. The van der Waals surface area contributed by atoms with Crippen LogP contribution in [0, 0.1) is 17.7 Å². The number of nitrogens with one attached hydrogen (secondary N) is 1. The van der Waals surface area contributed by atoms with Gasteiger partial charge in [-0.2, -0.15) is 0 Å². The van der Waals surface area contributed by atoms with E-state index in [0.717, 1.165) is 6.07 Å². The van der Waals surface area contributed by atoms with Gasteiger partial charge in [0, 0.05) is 11.9 Å². The summed E-state index contributed by atoms with van der Waals surface area (Å²) in [5, 5.41) is 11.2. The molecule has 2 rings (SSSR count). The van der Waals surface area contributed by atoms with Crippen molar-refractivity contribution in [3.63, 3.8) is 0 Å². The van der Waals surface area contributed by atoms with Crippen molar-refractivity contribution in [1.82, 2.24) is 4.98 Å². The molecule has 4 nitrogen and oxygen atoms in total. The number of hydrogen-bond donors (Lipinski definition) is 2. The number of carbonyl (C=O) groups excluding carboxylic acids is 1. The van der Waals surface area contributed by atoms with E-state index in [9.17, 15) is 9.18 Å². The molecule has 0 aliphatic heterocycles. The fourth-order valence-electron chi connectivity index (χ4n) is 1.59. The van der Waals surface area contributed by atoms with Gasteiger partial charge in [-0.05, 0) is 30.3 Å². The third-order valence-electron chi connectivity index (χ3n) is 2.50. The third kappa shape index (κ3) is 3.78. The van der Waals surface area contributed by atoms with Gasteiger partial charge in [-0.15, -0.1) is 0 Å². The van der Waals surface area contributed by atoms with Crippen LogP contribution in [-0.4, -0.2) is 22.6 Å². The quantitative estimate of drug-likeness (QED) is 0.838. The van der Waals surface area contributed by atoms with Gasteiger partial charge in [-0.3, -0.25) is 4.79 Å².